The Morgan fingerprint density at radius 3 is 2.90 bits per heavy atom. The maximum Gasteiger partial charge on any atom is 0.338 e. The molecule has 0 aliphatic heterocycles. The molecule has 3 N–H and O–H groups in total. The van der Waals surface area contributed by atoms with Crippen LogP contribution in [0, 0.1) is 6.92 Å². The topological polar surface area (TPSA) is 91.6 Å². The van der Waals surface area contributed by atoms with E-state index in [9.17, 15) is 9.59 Å². The molecule has 1 aromatic heterocycles. The lowest BCUT2D eigenvalue weighted by Gasteiger charge is -2.09. The number of carbonyl (C=O) groups excluding carboxylic acids is 1. The zero-order valence-electron chi connectivity index (χ0n) is 11.1. The Balaban J connectivity index is 2.14. The van der Waals surface area contributed by atoms with Gasteiger partial charge in [0.2, 0.25) is 5.91 Å². The third-order valence-electron chi connectivity index (χ3n) is 2.92. The smallest absolute Gasteiger partial charge is 0.338 e. The summed E-state index contributed by atoms with van der Waals surface area (Å²) in [5.74, 6) is -0.430. The van der Waals surface area contributed by atoms with Crippen molar-refractivity contribution >= 4 is 22.6 Å². The first kappa shape index (κ1) is 14.1. The lowest BCUT2D eigenvalue weighted by atomic mass is 10.1. The van der Waals surface area contributed by atoms with E-state index in [4.69, 9.17) is 9.62 Å². The number of benzene rings is 1. The molecule has 0 fully saturated rings. The van der Waals surface area contributed by atoms with Gasteiger partial charge in [-0.1, -0.05) is 11.6 Å². The molecule has 0 bridgehead atoms. The Morgan fingerprint density at radius 1 is 1.35 bits per heavy atom. The summed E-state index contributed by atoms with van der Waals surface area (Å²) in [5, 5.41) is 12.3. The van der Waals surface area contributed by atoms with Crippen molar-refractivity contribution in [3.63, 3.8) is 0 Å². The first-order chi connectivity index (χ1) is 9.60. The van der Waals surface area contributed by atoms with Crippen LogP contribution in [0.2, 0.25) is 0 Å². The Hall–Kier alpha value is -2.34. The van der Waals surface area contributed by atoms with E-state index in [0.29, 0.717) is 24.2 Å². The van der Waals surface area contributed by atoms with Gasteiger partial charge in [-0.25, -0.2) is 10.3 Å². The van der Waals surface area contributed by atoms with Crippen LogP contribution in [0.15, 0.2) is 33.5 Å². The minimum Gasteiger partial charge on any atom is -0.423 e. The molecule has 0 atom stereocenters. The van der Waals surface area contributed by atoms with Crippen LogP contribution in [0.1, 0.15) is 18.4 Å². The third kappa shape index (κ3) is 3.36. The maximum absolute atomic E-state index is 11.5. The minimum absolute atomic E-state index is 0.210. The number of aryl methyl sites for hydroxylation is 1. The molecule has 2 rings (SSSR count). The average Bonchev–Trinajstić information content (AvgIpc) is 2.43. The van der Waals surface area contributed by atoms with Gasteiger partial charge in [0, 0.05) is 24.4 Å². The van der Waals surface area contributed by atoms with Gasteiger partial charge in [-0.3, -0.25) is 10.0 Å². The molecule has 1 aromatic carbocycles. The molecule has 0 unspecified atom stereocenters. The second-order valence-corrected chi connectivity index (χ2v) is 4.54. The van der Waals surface area contributed by atoms with Crippen LogP contribution in [0.4, 0.5) is 5.69 Å². The van der Waals surface area contributed by atoms with Crippen LogP contribution in [0.3, 0.4) is 0 Å². The molecule has 1 heterocycles. The first-order valence-corrected chi connectivity index (χ1v) is 6.31. The molecule has 106 valence electrons. The number of hydrogen-bond donors (Lipinski definition) is 3. The molecule has 6 heteroatoms. The van der Waals surface area contributed by atoms with Crippen LogP contribution >= 0.6 is 0 Å². The molecule has 0 aliphatic carbocycles. The maximum atomic E-state index is 11.5. The summed E-state index contributed by atoms with van der Waals surface area (Å²) in [7, 11) is 0. The fourth-order valence-corrected chi connectivity index (χ4v) is 1.95. The van der Waals surface area contributed by atoms with Gasteiger partial charge >= 0.3 is 5.63 Å². The monoisotopic (exact) mass is 276 g/mol. The van der Waals surface area contributed by atoms with Crippen molar-refractivity contribution in [1.29, 1.82) is 0 Å². The summed E-state index contributed by atoms with van der Waals surface area (Å²) in [4.78, 5) is 22.4. The highest BCUT2D eigenvalue weighted by Gasteiger charge is 2.06. The summed E-state index contributed by atoms with van der Waals surface area (Å²) >= 11 is 0. The first-order valence-electron chi connectivity index (χ1n) is 6.31. The SMILES string of the molecule is Cc1ccc2oc(=O)cc(NCCCC(=O)NO)c2c1. The zero-order chi connectivity index (χ0) is 14.5. The van der Waals surface area contributed by atoms with E-state index in [1.165, 1.54) is 6.07 Å². The molecule has 0 radical (unpaired) electrons. The molecule has 1 amide bonds. The molecule has 0 aliphatic rings. The summed E-state index contributed by atoms with van der Waals surface area (Å²) < 4.78 is 5.13. The van der Waals surface area contributed by atoms with E-state index >= 15 is 0 Å². The summed E-state index contributed by atoms with van der Waals surface area (Å²) in [5.41, 5.74) is 3.43. The second-order valence-electron chi connectivity index (χ2n) is 4.54. The van der Waals surface area contributed by atoms with Gasteiger partial charge in [0.25, 0.3) is 0 Å². The molecule has 0 spiro atoms. The van der Waals surface area contributed by atoms with E-state index in [-0.39, 0.29) is 6.42 Å². The van der Waals surface area contributed by atoms with E-state index < -0.39 is 11.5 Å². The third-order valence-corrected chi connectivity index (χ3v) is 2.92. The lowest BCUT2D eigenvalue weighted by molar-refractivity contribution is -0.129. The number of anilines is 1. The van der Waals surface area contributed by atoms with Crippen LogP contribution in [0.5, 0.6) is 0 Å². The Bertz CT molecular complexity index is 678. The largest absolute Gasteiger partial charge is 0.423 e. The van der Waals surface area contributed by atoms with Crippen molar-refractivity contribution in [1.82, 2.24) is 5.48 Å². The van der Waals surface area contributed by atoms with Crippen molar-refractivity contribution in [3.05, 3.63) is 40.2 Å². The molecular weight excluding hydrogens is 260 g/mol. The highest BCUT2D eigenvalue weighted by Crippen LogP contribution is 2.22. The van der Waals surface area contributed by atoms with Crippen LogP contribution in [0.25, 0.3) is 11.0 Å². The van der Waals surface area contributed by atoms with Gasteiger partial charge in [-0.05, 0) is 25.5 Å². The van der Waals surface area contributed by atoms with Crippen molar-refractivity contribution in [2.24, 2.45) is 0 Å². The van der Waals surface area contributed by atoms with Gasteiger partial charge in [0.05, 0.1) is 5.69 Å². The molecule has 0 saturated carbocycles. The number of amides is 1. The summed E-state index contributed by atoms with van der Waals surface area (Å²) in [6.07, 6.45) is 0.752. The number of nitrogens with one attached hydrogen (secondary N) is 2. The summed E-state index contributed by atoms with van der Waals surface area (Å²) in [6.45, 7) is 2.47. The standard InChI is InChI=1S/C14H16N2O4/c1-9-4-5-12-10(7-9)11(8-14(18)20-12)15-6-2-3-13(17)16-19/h4-5,7-8,15,19H,2-3,6H2,1H3,(H,16,17). The molecule has 2 aromatic rings. The molecule has 0 saturated heterocycles. The Morgan fingerprint density at radius 2 is 2.15 bits per heavy atom. The van der Waals surface area contributed by atoms with Gasteiger partial charge < -0.3 is 9.73 Å². The van der Waals surface area contributed by atoms with Crippen LogP contribution in [-0.2, 0) is 4.79 Å². The van der Waals surface area contributed by atoms with Gasteiger partial charge in [0.15, 0.2) is 0 Å². The number of rotatable bonds is 5. The zero-order valence-corrected chi connectivity index (χ0v) is 11.1. The van der Waals surface area contributed by atoms with Crippen LogP contribution < -0.4 is 16.4 Å². The fourth-order valence-electron chi connectivity index (χ4n) is 1.95. The predicted molar refractivity (Wildman–Crippen MR) is 74.9 cm³/mol. The van der Waals surface area contributed by atoms with Gasteiger partial charge in [-0.2, -0.15) is 0 Å². The van der Waals surface area contributed by atoms with Gasteiger partial charge in [-0.15, -0.1) is 0 Å². The minimum atomic E-state index is -0.430. The van der Waals surface area contributed by atoms with Crippen molar-refractivity contribution < 1.29 is 14.4 Å². The molecule has 6 nitrogen and oxygen atoms in total. The fraction of sp³-hybridized carbons (Fsp3) is 0.286. The molecule has 20 heavy (non-hydrogen) atoms. The average molecular weight is 276 g/mol. The normalized spacial score (nSPS) is 10.5. The van der Waals surface area contributed by atoms with Crippen LogP contribution in [-0.4, -0.2) is 17.7 Å². The highest BCUT2D eigenvalue weighted by molar-refractivity contribution is 5.90. The van der Waals surface area contributed by atoms with Gasteiger partial charge in [0.1, 0.15) is 5.58 Å². The van der Waals surface area contributed by atoms with Crippen molar-refractivity contribution in [2.45, 2.75) is 19.8 Å². The van der Waals surface area contributed by atoms with E-state index in [0.717, 1.165) is 10.9 Å². The summed E-state index contributed by atoms with van der Waals surface area (Å²) in [6, 6.07) is 6.96. The number of fused-ring (bicyclic) bond motifs is 1. The Kier molecular flexibility index (Phi) is 4.37. The number of hydroxylamine groups is 1. The van der Waals surface area contributed by atoms with Crippen molar-refractivity contribution in [2.75, 3.05) is 11.9 Å². The van der Waals surface area contributed by atoms with E-state index in [2.05, 4.69) is 5.32 Å². The lowest BCUT2D eigenvalue weighted by Crippen LogP contribution is -2.19. The Labute approximate surface area is 115 Å². The predicted octanol–water partition coefficient (Wildman–Crippen LogP) is 1.80. The number of hydrogen-bond acceptors (Lipinski definition) is 5. The molecular formula is C14H16N2O4. The van der Waals surface area contributed by atoms with Crippen molar-refractivity contribution in [3.8, 4) is 0 Å². The second kappa shape index (κ2) is 6.21. The number of carbonyl (C=O) groups is 1. The highest BCUT2D eigenvalue weighted by atomic mass is 16.5. The van der Waals surface area contributed by atoms with E-state index in [1.54, 1.807) is 11.5 Å². The quantitative estimate of drug-likeness (QED) is 0.335. The van der Waals surface area contributed by atoms with E-state index in [1.807, 2.05) is 19.1 Å².